The number of carbonyl (C=O) groups excluding carboxylic acids is 2. The number of benzene rings is 1. The number of rotatable bonds is 6. The van der Waals surface area contributed by atoms with E-state index in [9.17, 15) is 14.7 Å². The van der Waals surface area contributed by atoms with E-state index < -0.39 is 11.9 Å². The summed E-state index contributed by atoms with van der Waals surface area (Å²) >= 11 is 7.16. The average Bonchev–Trinajstić information content (AvgIpc) is 2.94. The number of halogens is 1. The second kappa shape index (κ2) is 7.43. The Morgan fingerprint density at radius 2 is 2.22 bits per heavy atom. The summed E-state index contributed by atoms with van der Waals surface area (Å²) in [7, 11) is 1.50. The maximum atomic E-state index is 12.4. The van der Waals surface area contributed by atoms with Crippen molar-refractivity contribution in [2.75, 3.05) is 12.4 Å². The van der Waals surface area contributed by atoms with Gasteiger partial charge in [-0.2, -0.15) is 0 Å². The van der Waals surface area contributed by atoms with Crippen LogP contribution >= 0.6 is 22.9 Å². The molecule has 1 heterocycles. The third-order valence-corrected chi connectivity index (χ3v) is 4.39. The molecule has 23 heavy (non-hydrogen) atoms. The first-order chi connectivity index (χ1) is 10.9. The van der Waals surface area contributed by atoms with Crippen LogP contribution in [0.5, 0.6) is 5.75 Å². The molecule has 1 aromatic heterocycles. The number of nitrogens with one attached hydrogen (secondary N) is 1. The number of carbonyl (C=O) groups is 2. The van der Waals surface area contributed by atoms with E-state index in [2.05, 4.69) is 10.3 Å². The number of amides is 1. The third kappa shape index (κ3) is 4.43. The van der Waals surface area contributed by atoms with Crippen LogP contribution in [-0.2, 0) is 16.0 Å². The van der Waals surface area contributed by atoms with Gasteiger partial charge in [0, 0.05) is 22.8 Å². The van der Waals surface area contributed by atoms with E-state index in [1.807, 2.05) is 0 Å². The number of hydrogen-bond donors (Lipinski definition) is 1. The minimum atomic E-state index is -1.21. The monoisotopic (exact) mass is 353 g/mol. The first kappa shape index (κ1) is 17.2. The lowest BCUT2D eigenvalue weighted by Crippen LogP contribution is -2.24. The highest BCUT2D eigenvalue weighted by Crippen LogP contribution is 2.29. The Morgan fingerprint density at radius 1 is 1.48 bits per heavy atom. The molecule has 0 radical (unpaired) electrons. The van der Waals surface area contributed by atoms with Gasteiger partial charge >= 0.3 is 0 Å². The van der Waals surface area contributed by atoms with Crippen molar-refractivity contribution in [3.8, 4) is 5.75 Å². The smallest absolute Gasteiger partial charge is 0.234 e. The molecule has 2 rings (SSSR count). The predicted molar refractivity (Wildman–Crippen MR) is 85.9 cm³/mol. The lowest BCUT2D eigenvalue weighted by atomic mass is 10.1. The zero-order valence-corrected chi connectivity index (χ0v) is 14.0. The van der Waals surface area contributed by atoms with Crippen molar-refractivity contribution in [2.24, 2.45) is 0 Å². The number of carboxylic acids is 1. The van der Waals surface area contributed by atoms with Crippen LogP contribution in [0.1, 0.15) is 23.5 Å². The lowest BCUT2D eigenvalue weighted by Gasteiger charge is -2.13. The standard InChI is InChI=1S/C15H15ClN2O4S/c1-8(15-17-10(7-23-15)6-13(19)20)14(21)18-11-5-9(16)3-4-12(11)22-2/h3-5,7-8H,6H2,1-2H3,(H,18,21)(H,19,20)/p-1/t8-/m0/s1. The molecule has 1 aromatic carbocycles. The SMILES string of the molecule is COc1ccc(Cl)cc1NC(=O)[C@H](C)c1nc(CC(=O)[O-])cs1. The fourth-order valence-electron chi connectivity index (χ4n) is 1.88. The summed E-state index contributed by atoms with van der Waals surface area (Å²) in [5.74, 6) is -1.55. The van der Waals surface area contributed by atoms with Crippen molar-refractivity contribution in [2.45, 2.75) is 19.3 Å². The zero-order valence-electron chi connectivity index (χ0n) is 12.5. The van der Waals surface area contributed by atoms with Gasteiger partial charge in [-0.05, 0) is 25.1 Å². The molecule has 0 aliphatic rings. The average molecular weight is 354 g/mol. The van der Waals surface area contributed by atoms with Crippen LogP contribution in [-0.4, -0.2) is 24.0 Å². The molecular formula is C15H14ClN2O4S-. The number of carboxylic acid groups (broad SMARTS) is 1. The van der Waals surface area contributed by atoms with E-state index in [0.29, 0.717) is 27.2 Å². The molecule has 1 amide bonds. The molecule has 0 unspecified atom stereocenters. The number of aromatic nitrogens is 1. The van der Waals surface area contributed by atoms with Crippen LogP contribution in [0.25, 0.3) is 0 Å². The normalized spacial score (nSPS) is 11.8. The molecule has 2 aromatic rings. The summed E-state index contributed by atoms with van der Waals surface area (Å²) in [6, 6.07) is 4.91. The molecule has 0 fully saturated rings. The maximum Gasteiger partial charge on any atom is 0.234 e. The number of thiazole rings is 1. The van der Waals surface area contributed by atoms with Gasteiger partial charge in [0.2, 0.25) is 5.91 Å². The Kier molecular flexibility index (Phi) is 5.57. The van der Waals surface area contributed by atoms with Crippen molar-refractivity contribution < 1.29 is 19.4 Å². The summed E-state index contributed by atoms with van der Waals surface area (Å²) in [6.07, 6.45) is -0.271. The van der Waals surface area contributed by atoms with Gasteiger partial charge in [-0.25, -0.2) is 4.98 Å². The number of nitrogens with zero attached hydrogens (tertiary/aromatic N) is 1. The van der Waals surface area contributed by atoms with Crippen LogP contribution in [0.2, 0.25) is 5.02 Å². The van der Waals surface area contributed by atoms with Crippen molar-refractivity contribution in [1.82, 2.24) is 4.98 Å². The molecule has 0 aliphatic heterocycles. The molecular weight excluding hydrogens is 340 g/mol. The van der Waals surface area contributed by atoms with Crippen LogP contribution < -0.4 is 15.2 Å². The Labute approximate surface area is 142 Å². The van der Waals surface area contributed by atoms with Crippen molar-refractivity contribution >= 4 is 40.5 Å². The fourth-order valence-corrected chi connectivity index (χ4v) is 2.93. The molecule has 0 saturated carbocycles. The van der Waals surface area contributed by atoms with Crippen molar-refractivity contribution in [1.29, 1.82) is 0 Å². The molecule has 0 saturated heterocycles. The Balaban J connectivity index is 2.12. The van der Waals surface area contributed by atoms with E-state index in [-0.39, 0.29) is 12.3 Å². The molecule has 1 atom stereocenters. The maximum absolute atomic E-state index is 12.4. The second-order valence-corrected chi connectivity index (χ2v) is 6.11. The molecule has 8 heteroatoms. The van der Waals surface area contributed by atoms with Crippen molar-refractivity contribution in [3.63, 3.8) is 0 Å². The number of methoxy groups -OCH3 is 1. The first-order valence-electron chi connectivity index (χ1n) is 6.69. The topological polar surface area (TPSA) is 91.3 Å². The van der Waals surface area contributed by atoms with Gasteiger partial charge in [0.25, 0.3) is 0 Å². The number of aliphatic carboxylic acids is 1. The molecule has 0 bridgehead atoms. The van der Waals surface area contributed by atoms with Crippen LogP contribution in [0, 0.1) is 0 Å². The van der Waals surface area contributed by atoms with Gasteiger partial charge in [-0.1, -0.05) is 11.6 Å². The highest BCUT2D eigenvalue weighted by atomic mass is 35.5. The van der Waals surface area contributed by atoms with Crippen LogP contribution in [0.3, 0.4) is 0 Å². The predicted octanol–water partition coefficient (Wildman–Crippen LogP) is 1.84. The summed E-state index contributed by atoms with van der Waals surface area (Å²) < 4.78 is 5.18. The van der Waals surface area contributed by atoms with Gasteiger partial charge in [0.1, 0.15) is 10.8 Å². The van der Waals surface area contributed by atoms with Gasteiger partial charge in [-0.3, -0.25) is 4.79 Å². The molecule has 1 N–H and O–H groups in total. The number of hydrogen-bond acceptors (Lipinski definition) is 6. The van der Waals surface area contributed by atoms with E-state index in [1.54, 1.807) is 30.5 Å². The zero-order chi connectivity index (χ0) is 17.0. The minimum Gasteiger partial charge on any atom is -0.550 e. The number of anilines is 1. The first-order valence-corrected chi connectivity index (χ1v) is 7.95. The Bertz CT molecular complexity index is 732. The fraction of sp³-hybridized carbons (Fsp3) is 0.267. The highest BCUT2D eigenvalue weighted by molar-refractivity contribution is 7.09. The summed E-state index contributed by atoms with van der Waals surface area (Å²) in [5, 5.41) is 15.9. The molecule has 6 nitrogen and oxygen atoms in total. The van der Waals surface area contributed by atoms with Gasteiger partial charge < -0.3 is 20.0 Å². The number of ether oxygens (including phenoxy) is 1. The van der Waals surface area contributed by atoms with Crippen molar-refractivity contribution in [3.05, 3.63) is 39.3 Å². The molecule has 0 aliphatic carbocycles. The van der Waals surface area contributed by atoms with Gasteiger partial charge in [0.05, 0.1) is 24.4 Å². The minimum absolute atomic E-state index is 0.271. The Hall–Kier alpha value is -2.12. The van der Waals surface area contributed by atoms with Gasteiger partial charge in [-0.15, -0.1) is 11.3 Å². The largest absolute Gasteiger partial charge is 0.550 e. The van der Waals surface area contributed by atoms with Crippen LogP contribution in [0.15, 0.2) is 23.6 Å². The highest BCUT2D eigenvalue weighted by Gasteiger charge is 2.20. The summed E-state index contributed by atoms with van der Waals surface area (Å²) in [4.78, 5) is 27.1. The molecule has 122 valence electrons. The lowest BCUT2D eigenvalue weighted by molar-refractivity contribution is -0.304. The second-order valence-electron chi connectivity index (χ2n) is 4.78. The van der Waals surface area contributed by atoms with E-state index in [1.165, 1.54) is 18.4 Å². The van der Waals surface area contributed by atoms with E-state index >= 15 is 0 Å². The van der Waals surface area contributed by atoms with Gasteiger partial charge in [0.15, 0.2) is 0 Å². The van der Waals surface area contributed by atoms with E-state index in [4.69, 9.17) is 16.3 Å². The third-order valence-electron chi connectivity index (χ3n) is 3.08. The molecule has 0 spiro atoms. The Morgan fingerprint density at radius 3 is 2.87 bits per heavy atom. The van der Waals surface area contributed by atoms with E-state index in [0.717, 1.165) is 0 Å². The summed E-state index contributed by atoms with van der Waals surface area (Å²) in [6.45, 7) is 1.69. The van der Waals surface area contributed by atoms with Crippen LogP contribution in [0.4, 0.5) is 5.69 Å². The summed E-state index contributed by atoms with van der Waals surface area (Å²) in [5.41, 5.74) is 0.841. The quantitative estimate of drug-likeness (QED) is 0.855.